The number of rotatable bonds is 4. The van der Waals surface area contributed by atoms with E-state index in [0.717, 1.165) is 19.3 Å². The molecule has 2 heteroatoms. The second kappa shape index (κ2) is 5.39. The molecule has 0 aromatic rings. The van der Waals surface area contributed by atoms with Gasteiger partial charge in [-0.05, 0) is 26.2 Å². The average Bonchev–Trinajstić information content (AvgIpc) is 1.66. The molecular weight excluding hydrogens is 124 g/mol. The molecule has 0 amide bonds. The van der Waals surface area contributed by atoms with Crippen LogP contribution in [0, 0.1) is 0 Å². The Balaban J connectivity index is 2.72. The van der Waals surface area contributed by atoms with Gasteiger partial charge in [-0.3, -0.25) is 0 Å². The van der Waals surface area contributed by atoms with Gasteiger partial charge in [0, 0.05) is 5.88 Å². The summed E-state index contributed by atoms with van der Waals surface area (Å²) in [5.41, 5.74) is 0. The van der Waals surface area contributed by atoms with E-state index in [1.807, 2.05) is 0 Å². The first kappa shape index (κ1) is 8.25. The topological polar surface area (TPSA) is 20.2 Å². The minimum Gasteiger partial charge on any atom is -0.393 e. The van der Waals surface area contributed by atoms with E-state index >= 15 is 0 Å². The molecule has 0 aliphatic carbocycles. The maximum atomic E-state index is 8.74. The number of unbranched alkanes of at least 4 members (excludes halogenated alkanes) is 1. The van der Waals surface area contributed by atoms with Crippen LogP contribution >= 0.6 is 11.6 Å². The van der Waals surface area contributed by atoms with Crippen molar-refractivity contribution in [3.8, 4) is 0 Å². The molecule has 1 atom stereocenters. The van der Waals surface area contributed by atoms with Crippen LogP contribution in [0.5, 0.6) is 0 Å². The van der Waals surface area contributed by atoms with Gasteiger partial charge in [-0.2, -0.15) is 0 Å². The first-order chi connectivity index (χ1) is 3.77. The van der Waals surface area contributed by atoms with Crippen LogP contribution in [-0.4, -0.2) is 17.1 Å². The van der Waals surface area contributed by atoms with Crippen LogP contribution < -0.4 is 0 Å². The van der Waals surface area contributed by atoms with E-state index in [0.29, 0.717) is 5.88 Å². The Kier molecular flexibility index (Phi) is 5.56. The standard InChI is InChI=1S/C6H13ClO/c1-6(8)4-2-3-5-7/h6,8H,2-5H2,1H3/t6-/m1/s1. The molecule has 0 heterocycles. The molecule has 0 aromatic heterocycles. The van der Waals surface area contributed by atoms with Crippen molar-refractivity contribution < 1.29 is 5.11 Å². The molecular formula is C6H13ClO. The van der Waals surface area contributed by atoms with Crippen molar-refractivity contribution >= 4 is 11.6 Å². The van der Waals surface area contributed by atoms with E-state index in [2.05, 4.69) is 0 Å². The van der Waals surface area contributed by atoms with Crippen LogP contribution in [-0.2, 0) is 0 Å². The van der Waals surface area contributed by atoms with Gasteiger partial charge in [-0.15, -0.1) is 11.6 Å². The molecule has 0 unspecified atom stereocenters. The molecule has 0 aromatic carbocycles. The fourth-order valence-corrected chi connectivity index (χ4v) is 0.723. The first-order valence-corrected chi connectivity index (χ1v) is 3.55. The van der Waals surface area contributed by atoms with E-state index in [1.54, 1.807) is 6.92 Å². The highest BCUT2D eigenvalue weighted by Gasteiger charge is 1.92. The number of hydrogen-bond donors (Lipinski definition) is 1. The normalized spacial score (nSPS) is 13.9. The minimum atomic E-state index is -0.154. The van der Waals surface area contributed by atoms with Crippen molar-refractivity contribution in [1.29, 1.82) is 0 Å². The predicted molar refractivity (Wildman–Crippen MR) is 36.3 cm³/mol. The van der Waals surface area contributed by atoms with Crippen LogP contribution in [0.3, 0.4) is 0 Å². The van der Waals surface area contributed by atoms with Crippen molar-refractivity contribution in [2.75, 3.05) is 5.88 Å². The Morgan fingerprint density at radius 2 is 2.12 bits per heavy atom. The summed E-state index contributed by atoms with van der Waals surface area (Å²) in [7, 11) is 0. The summed E-state index contributed by atoms with van der Waals surface area (Å²) in [6, 6.07) is 0. The van der Waals surface area contributed by atoms with Gasteiger partial charge in [-0.25, -0.2) is 0 Å². The second-order valence-electron chi connectivity index (χ2n) is 2.03. The Morgan fingerprint density at radius 3 is 2.50 bits per heavy atom. The van der Waals surface area contributed by atoms with Crippen LogP contribution in [0.1, 0.15) is 26.2 Å². The minimum absolute atomic E-state index is 0.154. The highest BCUT2D eigenvalue weighted by atomic mass is 35.5. The zero-order valence-corrected chi connectivity index (χ0v) is 5.99. The Bertz CT molecular complexity index is 45.8. The summed E-state index contributed by atoms with van der Waals surface area (Å²) in [6.07, 6.45) is 2.79. The maximum absolute atomic E-state index is 8.74. The lowest BCUT2D eigenvalue weighted by atomic mass is 10.2. The summed E-state index contributed by atoms with van der Waals surface area (Å²) in [6.45, 7) is 1.80. The molecule has 0 bridgehead atoms. The smallest absolute Gasteiger partial charge is 0.0512 e. The highest BCUT2D eigenvalue weighted by molar-refractivity contribution is 6.17. The number of aliphatic hydroxyl groups is 1. The van der Waals surface area contributed by atoms with Crippen molar-refractivity contribution in [3.05, 3.63) is 0 Å². The van der Waals surface area contributed by atoms with Crippen molar-refractivity contribution in [1.82, 2.24) is 0 Å². The monoisotopic (exact) mass is 136 g/mol. The van der Waals surface area contributed by atoms with E-state index in [-0.39, 0.29) is 6.10 Å². The van der Waals surface area contributed by atoms with Gasteiger partial charge in [0.2, 0.25) is 0 Å². The van der Waals surface area contributed by atoms with Gasteiger partial charge in [0.05, 0.1) is 6.10 Å². The number of alkyl halides is 1. The summed E-state index contributed by atoms with van der Waals surface area (Å²) in [4.78, 5) is 0. The largest absolute Gasteiger partial charge is 0.393 e. The lowest BCUT2D eigenvalue weighted by Crippen LogP contribution is -1.98. The number of aliphatic hydroxyl groups excluding tert-OH is 1. The molecule has 8 heavy (non-hydrogen) atoms. The second-order valence-corrected chi connectivity index (χ2v) is 2.41. The van der Waals surface area contributed by atoms with E-state index in [1.165, 1.54) is 0 Å². The molecule has 0 saturated carbocycles. The van der Waals surface area contributed by atoms with Gasteiger partial charge in [0.25, 0.3) is 0 Å². The van der Waals surface area contributed by atoms with Gasteiger partial charge in [0.15, 0.2) is 0 Å². The van der Waals surface area contributed by atoms with Crippen LogP contribution in [0.2, 0.25) is 0 Å². The molecule has 0 rings (SSSR count). The summed E-state index contributed by atoms with van der Waals surface area (Å²) < 4.78 is 0. The predicted octanol–water partition coefficient (Wildman–Crippen LogP) is 1.78. The number of halogens is 1. The van der Waals surface area contributed by atoms with Gasteiger partial charge >= 0.3 is 0 Å². The molecule has 0 fully saturated rings. The summed E-state index contributed by atoms with van der Waals surface area (Å²) in [5, 5.41) is 8.74. The molecule has 0 aliphatic heterocycles. The Hall–Kier alpha value is 0.250. The fraction of sp³-hybridized carbons (Fsp3) is 1.00. The van der Waals surface area contributed by atoms with Gasteiger partial charge < -0.3 is 5.11 Å². The number of hydrogen-bond acceptors (Lipinski definition) is 1. The lowest BCUT2D eigenvalue weighted by molar-refractivity contribution is 0.181. The van der Waals surface area contributed by atoms with Crippen molar-refractivity contribution in [2.45, 2.75) is 32.3 Å². The third-order valence-electron chi connectivity index (χ3n) is 1.01. The van der Waals surface area contributed by atoms with E-state index in [4.69, 9.17) is 16.7 Å². The van der Waals surface area contributed by atoms with Gasteiger partial charge in [0.1, 0.15) is 0 Å². The summed E-state index contributed by atoms with van der Waals surface area (Å²) in [5.74, 6) is 0.715. The first-order valence-electron chi connectivity index (χ1n) is 3.01. The molecule has 1 nitrogen and oxygen atoms in total. The SMILES string of the molecule is C[C@@H](O)CCCCCl. The molecule has 0 aliphatic rings. The van der Waals surface area contributed by atoms with E-state index < -0.39 is 0 Å². The van der Waals surface area contributed by atoms with E-state index in [9.17, 15) is 0 Å². The Morgan fingerprint density at radius 1 is 1.50 bits per heavy atom. The third kappa shape index (κ3) is 6.25. The van der Waals surface area contributed by atoms with Crippen LogP contribution in [0.15, 0.2) is 0 Å². The van der Waals surface area contributed by atoms with Crippen LogP contribution in [0.25, 0.3) is 0 Å². The molecule has 0 saturated heterocycles. The fourth-order valence-electron chi connectivity index (χ4n) is 0.534. The zero-order chi connectivity index (χ0) is 6.41. The molecule has 0 radical (unpaired) electrons. The average molecular weight is 137 g/mol. The molecule has 0 spiro atoms. The van der Waals surface area contributed by atoms with Crippen molar-refractivity contribution in [2.24, 2.45) is 0 Å². The zero-order valence-electron chi connectivity index (χ0n) is 5.23. The quantitative estimate of drug-likeness (QED) is 0.462. The highest BCUT2D eigenvalue weighted by Crippen LogP contribution is 2.00. The molecule has 50 valence electrons. The third-order valence-corrected chi connectivity index (χ3v) is 1.27. The Labute approximate surface area is 55.7 Å². The van der Waals surface area contributed by atoms with Gasteiger partial charge in [-0.1, -0.05) is 0 Å². The molecule has 1 N–H and O–H groups in total. The maximum Gasteiger partial charge on any atom is 0.0512 e. The lowest BCUT2D eigenvalue weighted by Gasteiger charge is -1.99. The van der Waals surface area contributed by atoms with Crippen molar-refractivity contribution in [3.63, 3.8) is 0 Å². The summed E-state index contributed by atoms with van der Waals surface area (Å²) >= 11 is 5.40. The van der Waals surface area contributed by atoms with Crippen LogP contribution in [0.4, 0.5) is 0 Å².